The average molecular weight is 301 g/mol. The molecule has 0 fully saturated rings. The quantitative estimate of drug-likeness (QED) is 0.487. The molecule has 1 aromatic carbocycles. The summed E-state index contributed by atoms with van der Waals surface area (Å²) in [5.41, 5.74) is -0.0143. The number of benzene rings is 1. The first-order chi connectivity index (χ1) is 7.89. The van der Waals surface area contributed by atoms with Crippen LogP contribution < -0.4 is 39.0 Å². The van der Waals surface area contributed by atoms with Gasteiger partial charge < -0.3 is 9.29 Å². The molecule has 1 aromatic rings. The van der Waals surface area contributed by atoms with E-state index in [0.717, 1.165) is 0 Å². The molecule has 96 valence electrons. The first-order valence-electron chi connectivity index (χ1n) is 4.67. The summed E-state index contributed by atoms with van der Waals surface area (Å²) in [6, 6.07) is 4.03. The summed E-state index contributed by atoms with van der Waals surface area (Å²) >= 11 is -2.52. The Morgan fingerprint density at radius 2 is 2.06 bits per heavy atom. The second-order valence-electron chi connectivity index (χ2n) is 3.10. The molecule has 1 unspecified atom stereocenters. The molecule has 6 nitrogen and oxygen atoms in total. The van der Waals surface area contributed by atoms with Crippen LogP contribution in [0.5, 0.6) is 5.75 Å². The molecule has 1 rings (SSSR count). The third-order valence-corrected chi connectivity index (χ3v) is 4.02. The fourth-order valence-corrected chi connectivity index (χ4v) is 2.28. The van der Waals surface area contributed by atoms with Crippen LogP contribution in [-0.2, 0) is 21.1 Å². The van der Waals surface area contributed by atoms with Gasteiger partial charge in [0.25, 0.3) is 0 Å². The molecular formula is C9H12NNaO5S2. The Kier molecular flexibility index (Phi) is 7.41. The monoisotopic (exact) mass is 301 g/mol. The van der Waals surface area contributed by atoms with Crippen LogP contribution >= 0.6 is 0 Å². The second-order valence-corrected chi connectivity index (χ2v) is 6.02. The summed E-state index contributed by atoms with van der Waals surface area (Å²) in [6.45, 7) is 1.45. The van der Waals surface area contributed by atoms with E-state index in [4.69, 9.17) is 4.74 Å². The van der Waals surface area contributed by atoms with Crippen molar-refractivity contribution in [1.29, 1.82) is 0 Å². The van der Waals surface area contributed by atoms with Crippen LogP contribution in [0.4, 0.5) is 5.69 Å². The molecule has 0 saturated heterocycles. The maximum Gasteiger partial charge on any atom is 1.00 e. The van der Waals surface area contributed by atoms with E-state index in [1.807, 2.05) is 0 Å². The van der Waals surface area contributed by atoms with Gasteiger partial charge in [-0.1, -0.05) is 0 Å². The van der Waals surface area contributed by atoms with Crippen molar-refractivity contribution < 1.29 is 51.5 Å². The Morgan fingerprint density at radius 3 is 2.50 bits per heavy atom. The normalized spacial score (nSPS) is 12.4. The fraction of sp³-hybridized carbons (Fsp3) is 0.333. The summed E-state index contributed by atoms with van der Waals surface area (Å²) in [5, 5.41) is 0. The minimum absolute atomic E-state index is 0. The van der Waals surface area contributed by atoms with Gasteiger partial charge in [-0.3, -0.25) is 8.93 Å². The molecule has 0 aliphatic carbocycles. The smallest absolute Gasteiger partial charge is 0.768 e. The van der Waals surface area contributed by atoms with Gasteiger partial charge in [-0.15, -0.1) is 0 Å². The van der Waals surface area contributed by atoms with Crippen LogP contribution in [0.15, 0.2) is 23.1 Å². The number of sulfonamides is 1. The van der Waals surface area contributed by atoms with E-state index in [2.05, 4.69) is 4.72 Å². The molecule has 0 bridgehead atoms. The van der Waals surface area contributed by atoms with Gasteiger partial charge in [0, 0.05) is 11.0 Å². The number of ether oxygens (including phenoxy) is 1. The first-order valence-corrected chi connectivity index (χ1v) is 7.40. The Morgan fingerprint density at radius 1 is 1.44 bits per heavy atom. The first kappa shape index (κ1) is 17.9. The van der Waals surface area contributed by atoms with Crippen LogP contribution in [-0.4, -0.2) is 30.0 Å². The number of anilines is 1. The zero-order chi connectivity index (χ0) is 13.1. The molecule has 0 heterocycles. The van der Waals surface area contributed by atoms with Crippen LogP contribution in [0, 0.1) is 0 Å². The molecule has 0 aliphatic heterocycles. The van der Waals surface area contributed by atoms with E-state index in [-0.39, 0.29) is 45.9 Å². The number of rotatable bonds is 5. The molecule has 1 N–H and O–H groups in total. The van der Waals surface area contributed by atoms with Crippen molar-refractivity contribution in [3.63, 3.8) is 0 Å². The summed E-state index contributed by atoms with van der Waals surface area (Å²) in [5.74, 6) is 0.225. The molecule has 18 heavy (non-hydrogen) atoms. The molecule has 0 saturated carbocycles. The van der Waals surface area contributed by atoms with Crippen molar-refractivity contribution in [3.05, 3.63) is 18.2 Å². The second kappa shape index (κ2) is 7.46. The van der Waals surface area contributed by atoms with E-state index in [9.17, 15) is 17.2 Å². The molecule has 0 aromatic heterocycles. The summed E-state index contributed by atoms with van der Waals surface area (Å²) in [7, 11) is -2.13. The number of methoxy groups -OCH3 is 1. The Bertz CT molecular complexity index is 532. The average Bonchev–Trinajstić information content (AvgIpc) is 2.28. The van der Waals surface area contributed by atoms with Gasteiger partial charge in [0.1, 0.15) is 5.75 Å². The van der Waals surface area contributed by atoms with Crippen LogP contribution in [0.3, 0.4) is 0 Å². The van der Waals surface area contributed by atoms with Gasteiger partial charge in [0.2, 0.25) is 10.0 Å². The van der Waals surface area contributed by atoms with Crippen molar-refractivity contribution in [2.75, 3.05) is 17.6 Å². The van der Waals surface area contributed by atoms with Crippen LogP contribution in [0.1, 0.15) is 6.92 Å². The predicted molar refractivity (Wildman–Crippen MR) is 63.3 cm³/mol. The molecule has 0 aliphatic rings. The summed E-state index contributed by atoms with van der Waals surface area (Å²) < 4.78 is 51.7. The topological polar surface area (TPSA) is 95.5 Å². The predicted octanol–water partition coefficient (Wildman–Crippen LogP) is -2.30. The zero-order valence-electron chi connectivity index (χ0n) is 10.3. The van der Waals surface area contributed by atoms with Crippen molar-refractivity contribution in [2.24, 2.45) is 0 Å². The van der Waals surface area contributed by atoms with Crippen molar-refractivity contribution in [1.82, 2.24) is 0 Å². The molecule has 0 radical (unpaired) electrons. The molecule has 0 amide bonds. The molecular weight excluding hydrogens is 289 g/mol. The zero-order valence-corrected chi connectivity index (χ0v) is 13.9. The van der Waals surface area contributed by atoms with Gasteiger partial charge in [0.05, 0.1) is 18.6 Å². The van der Waals surface area contributed by atoms with Crippen LogP contribution in [0.25, 0.3) is 0 Å². The summed E-state index contributed by atoms with van der Waals surface area (Å²) in [4.78, 5) is -0.122. The van der Waals surface area contributed by atoms with E-state index in [1.54, 1.807) is 0 Å². The number of hydrogen-bond acceptors (Lipinski definition) is 5. The molecule has 0 spiro atoms. The van der Waals surface area contributed by atoms with E-state index >= 15 is 0 Å². The third-order valence-electron chi connectivity index (χ3n) is 2.01. The Hall–Kier alpha value is -0.120. The van der Waals surface area contributed by atoms with E-state index in [0.29, 0.717) is 5.75 Å². The maximum absolute atomic E-state index is 11.4. The van der Waals surface area contributed by atoms with Gasteiger partial charge in [-0.25, -0.2) is 8.42 Å². The minimum Gasteiger partial charge on any atom is -0.768 e. The van der Waals surface area contributed by atoms with Crippen molar-refractivity contribution in [2.45, 2.75) is 11.8 Å². The van der Waals surface area contributed by atoms with E-state index < -0.39 is 21.1 Å². The summed E-state index contributed by atoms with van der Waals surface area (Å²) in [6.07, 6.45) is 0. The van der Waals surface area contributed by atoms with Crippen LogP contribution in [0.2, 0.25) is 0 Å². The molecule has 9 heteroatoms. The Labute approximate surface area is 131 Å². The van der Waals surface area contributed by atoms with Gasteiger partial charge in [-0.05, 0) is 30.1 Å². The number of hydrogen-bond donors (Lipinski definition) is 1. The van der Waals surface area contributed by atoms with Crippen molar-refractivity contribution >= 4 is 26.8 Å². The largest absolute Gasteiger partial charge is 1.00 e. The third kappa shape index (κ3) is 4.87. The van der Waals surface area contributed by atoms with Crippen molar-refractivity contribution in [3.8, 4) is 5.75 Å². The number of nitrogens with one attached hydrogen (secondary N) is 1. The van der Waals surface area contributed by atoms with Gasteiger partial charge >= 0.3 is 29.6 Å². The van der Waals surface area contributed by atoms with Gasteiger partial charge in [0.15, 0.2) is 0 Å². The standard InChI is InChI=1S/C9H13NO5S2.Na/c1-3-17(13,14)10-8-6-7(15-2)4-5-9(8)16(11)12;/h4-6,10H,3H2,1-2H3,(H,11,12);/q;+1/p-1. The minimum atomic E-state index is -3.53. The molecule has 1 atom stereocenters. The Balaban J connectivity index is 0.00000289. The fourth-order valence-electron chi connectivity index (χ4n) is 1.10. The maximum atomic E-state index is 11.4. The van der Waals surface area contributed by atoms with Gasteiger partial charge in [-0.2, -0.15) is 0 Å². The SMILES string of the molecule is CCS(=O)(=O)Nc1cc(OC)ccc1S(=O)[O-].[Na+]. The van der Waals surface area contributed by atoms with E-state index in [1.165, 1.54) is 32.2 Å².